The van der Waals surface area contributed by atoms with Gasteiger partial charge in [0.05, 0.1) is 6.10 Å². The van der Waals surface area contributed by atoms with Gasteiger partial charge < -0.3 is 15.0 Å². The molecule has 1 aromatic heterocycles. The number of carbonyl (C=O) groups excluding carboxylic acids is 1. The van der Waals surface area contributed by atoms with Crippen LogP contribution in [0.4, 0.5) is 0 Å². The standard InChI is InChI=1S/C15H19ClN2O2/c1-10(2)14(19)8-17-15(20)9-18-6-5-11-3-4-12(16)7-13(11)18/h3-7,10,14,19H,8-9H2,1-2H3,(H,17,20). The number of benzene rings is 1. The van der Waals surface area contributed by atoms with Gasteiger partial charge in [-0.15, -0.1) is 0 Å². The summed E-state index contributed by atoms with van der Waals surface area (Å²) >= 11 is 5.97. The number of hydrogen-bond acceptors (Lipinski definition) is 2. The van der Waals surface area contributed by atoms with Crippen LogP contribution in [0.1, 0.15) is 13.8 Å². The first kappa shape index (κ1) is 14.9. The van der Waals surface area contributed by atoms with Gasteiger partial charge in [-0.2, -0.15) is 0 Å². The summed E-state index contributed by atoms with van der Waals surface area (Å²) in [6.07, 6.45) is 1.34. The minimum Gasteiger partial charge on any atom is -0.391 e. The van der Waals surface area contributed by atoms with Gasteiger partial charge in [0.2, 0.25) is 5.91 Å². The summed E-state index contributed by atoms with van der Waals surface area (Å²) in [5, 5.41) is 14.1. The molecule has 1 atom stereocenters. The number of nitrogens with zero attached hydrogens (tertiary/aromatic N) is 1. The van der Waals surface area contributed by atoms with Crippen LogP contribution in [0.2, 0.25) is 5.02 Å². The molecule has 5 heteroatoms. The van der Waals surface area contributed by atoms with Crippen LogP contribution in [0, 0.1) is 5.92 Å². The number of nitrogens with one attached hydrogen (secondary N) is 1. The highest BCUT2D eigenvalue weighted by Gasteiger charge is 2.11. The molecular formula is C15H19ClN2O2. The van der Waals surface area contributed by atoms with Gasteiger partial charge >= 0.3 is 0 Å². The molecule has 0 aliphatic carbocycles. The number of amides is 1. The summed E-state index contributed by atoms with van der Waals surface area (Å²) < 4.78 is 1.85. The molecule has 0 radical (unpaired) electrons. The highest BCUT2D eigenvalue weighted by atomic mass is 35.5. The number of rotatable bonds is 5. The van der Waals surface area contributed by atoms with E-state index in [2.05, 4.69) is 5.32 Å². The first-order valence-electron chi connectivity index (χ1n) is 6.66. The van der Waals surface area contributed by atoms with Crippen LogP contribution < -0.4 is 5.32 Å². The SMILES string of the molecule is CC(C)C(O)CNC(=O)Cn1ccc2ccc(Cl)cc21. The van der Waals surface area contributed by atoms with Crippen molar-refractivity contribution in [2.24, 2.45) is 5.92 Å². The van der Waals surface area contributed by atoms with Crippen LogP contribution in [0.5, 0.6) is 0 Å². The third-order valence-corrected chi connectivity index (χ3v) is 3.56. The summed E-state index contributed by atoms with van der Waals surface area (Å²) in [6.45, 7) is 4.32. The smallest absolute Gasteiger partial charge is 0.240 e. The molecule has 0 fully saturated rings. The Morgan fingerprint density at radius 1 is 1.40 bits per heavy atom. The molecule has 1 aromatic carbocycles. The fourth-order valence-electron chi connectivity index (χ4n) is 1.96. The van der Waals surface area contributed by atoms with Crippen molar-refractivity contribution in [1.29, 1.82) is 0 Å². The van der Waals surface area contributed by atoms with E-state index in [9.17, 15) is 9.90 Å². The Morgan fingerprint density at radius 3 is 2.85 bits per heavy atom. The predicted molar refractivity (Wildman–Crippen MR) is 80.8 cm³/mol. The molecule has 0 saturated heterocycles. The predicted octanol–water partition coefficient (Wildman–Crippen LogP) is 2.43. The summed E-state index contributed by atoms with van der Waals surface area (Å²) in [5.74, 6) is 0.00342. The minimum atomic E-state index is -0.519. The zero-order chi connectivity index (χ0) is 14.7. The van der Waals surface area contributed by atoms with E-state index in [1.54, 1.807) is 0 Å². The lowest BCUT2D eigenvalue weighted by atomic mass is 10.1. The molecular weight excluding hydrogens is 276 g/mol. The van der Waals surface area contributed by atoms with Crippen molar-refractivity contribution >= 4 is 28.4 Å². The zero-order valence-corrected chi connectivity index (χ0v) is 12.4. The topological polar surface area (TPSA) is 54.3 Å². The number of halogens is 1. The molecule has 108 valence electrons. The van der Waals surface area contributed by atoms with Gasteiger partial charge in [0.1, 0.15) is 6.54 Å². The van der Waals surface area contributed by atoms with Crippen molar-refractivity contribution in [2.75, 3.05) is 6.54 Å². The summed E-state index contributed by atoms with van der Waals surface area (Å²) in [4.78, 5) is 11.9. The molecule has 2 N–H and O–H groups in total. The molecule has 1 amide bonds. The van der Waals surface area contributed by atoms with Gasteiger partial charge in [-0.1, -0.05) is 31.5 Å². The molecule has 1 heterocycles. The molecule has 0 saturated carbocycles. The van der Waals surface area contributed by atoms with E-state index in [1.165, 1.54) is 0 Å². The van der Waals surface area contributed by atoms with Crippen LogP contribution in [-0.4, -0.2) is 28.2 Å². The maximum absolute atomic E-state index is 11.9. The summed E-state index contributed by atoms with van der Waals surface area (Å²) in [5.41, 5.74) is 0.928. The van der Waals surface area contributed by atoms with E-state index >= 15 is 0 Å². The first-order chi connectivity index (χ1) is 9.47. The highest BCUT2D eigenvalue weighted by molar-refractivity contribution is 6.31. The molecule has 2 rings (SSSR count). The fourth-order valence-corrected chi connectivity index (χ4v) is 2.13. The minimum absolute atomic E-state index is 0.123. The zero-order valence-electron chi connectivity index (χ0n) is 11.6. The van der Waals surface area contributed by atoms with Crippen molar-refractivity contribution in [3.8, 4) is 0 Å². The second-order valence-corrected chi connectivity index (χ2v) is 5.70. The van der Waals surface area contributed by atoms with Crippen LogP contribution in [0.15, 0.2) is 30.5 Å². The molecule has 1 unspecified atom stereocenters. The number of hydrogen-bond donors (Lipinski definition) is 2. The van der Waals surface area contributed by atoms with Crippen molar-refractivity contribution in [2.45, 2.75) is 26.5 Å². The van der Waals surface area contributed by atoms with Gasteiger partial charge in [-0.05, 0) is 29.5 Å². The van der Waals surface area contributed by atoms with E-state index in [0.717, 1.165) is 10.9 Å². The second kappa shape index (κ2) is 6.29. The lowest BCUT2D eigenvalue weighted by Crippen LogP contribution is -2.36. The Hall–Kier alpha value is -1.52. The summed E-state index contributed by atoms with van der Waals surface area (Å²) in [6, 6.07) is 7.54. The molecule has 20 heavy (non-hydrogen) atoms. The molecule has 0 spiro atoms. The van der Waals surface area contributed by atoms with E-state index in [-0.39, 0.29) is 24.9 Å². The van der Waals surface area contributed by atoms with Crippen molar-refractivity contribution in [1.82, 2.24) is 9.88 Å². The summed E-state index contributed by atoms with van der Waals surface area (Å²) in [7, 11) is 0. The van der Waals surface area contributed by atoms with Gasteiger partial charge in [0.15, 0.2) is 0 Å². The average molecular weight is 295 g/mol. The van der Waals surface area contributed by atoms with Gasteiger partial charge in [-0.3, -0.25) is 4.79 Å². The van der Waals surface area contributed by atoms with Crippen molar-refractivity contribution in [3.63, 3.8) is 0 Å². The maximum atomic E-state index is 11.9. The molecule has 4 nitrogen and oxygen atoms in total. The maximum Gasteiger partial charge on any atom is 0.240 e. The van der Waals surface area contributed by atoms with Gasteiger partial charge in [0, 0.05) is 23.3 Å². The van der Waals surface area contributed by atoms with Crippen LogP contribution >= 0.6 is 11.6 Å². The lowest BCUT2D eigenvalue weighted by molar-refractivity contribution is -0.122. The average Bonchev–Trinajstić information content (AvgIpc) is 2.78. The van der Waals surface area contributed by atoms with Crippen LogP contribution in [0.3, 0.4) is 0 Å². The largest absolute Gasteiger partial charge is 0.391 e. The Morgan fingerprint density at radius 2 is 2.15 bits per heavy atom. The Balaban J connectivity index is 2.01. The number of aliphatic hydroxyl groups is 1. The van der Waals surface area contributed by atoms with Gasteiger partial charge in [-0.25, -0.2) is 0 Å². The van der Waals surface area contributed by atoms with Crippen LogP contribution in [-0.2, 0) is 11.3 Å². The Bertz CT molecular complexity index is 607. The molecule has 0 aliphatic rings. The molecule has 0 aliphatic heterocycles. The number of aliphatic hydroxyl groups excluding tert-OH is 1. The first-order valence-corrected chi connectivity index (χ1v) is 7.04. The number of carbonyl (C=O) groups is 1. The monoisotopic (exact) mass is 294 g/mol. The van der Waals surface area contributed by atoms with Gasteiger partial charge in [0.25, 0.3) is 0 Å². The highest BCUT2D eigenvalue weighted by Crippen LogP contribution is 2.20. The Kier molecular flexibility index (Phi) is 4.68. The third-order valence-electron chi connectivity index (χ3n) is 3.33. The lowest BCUT2D eigenvalue weighted by Gasteiger charge is -2.15. The third kappa shape index (κ3) is 3.52. The normalized spacial score (nSPS) is 12.8. The Labute approximate surface area is 123 Å². The molecule has 2 aromatic rings. The van der Waals surface area contributed by atoms with Crippen molar-refractivity contribution in [3.05, 3.63) is 35.5 Å². The van der Waals surface area contributed by atoms with E-state index in [0.29, 0.717) is 5.02 Å². The van der Waals surface area contributed by atoms with E-state index in [4.69, 9.17) is 11.6 Å². The fraction of sp³-hybridized carbons (Fsp3) is 0.400. The van der Waals surface area contributed by atoms with Crippen LogP contribution in [0.25, 0.3) is 10.9 Å². The van der Waals surface area contributed by atoms with Crippen molar-refractivity contribution < 1.29 is 9.90 Å². The number of fused-ring (bicyclic) bond motifs is 1. The quantitative estimate of drug-likeness (QED) is 0.890. The van der Waals surface area contributed by atoms with E-state index < -0.39 is 6.10 Å². The molecule has 0 bridgehead atoms. The second-order valence-electron chi connectivity index (χ2n) is 5.26. The van der Waals surface area contributed by atoms with E-state index in [1.807, 2.05) is 48.9 Å². The number of aromatic nitrogens is 1.